The third kappa shape index (κ3) is 5.84. The Morgan fingerprint density at radius 2 is 1.83 bits per heavy atom. The summed E-state index contributed by atoms with van der Waals surface area (Å²) in [5, 5.41) is 19.1. The first-order chi connectivity index (χ1) is 16.6. The number of fused-ring (bicyclic) bond motifs is 1. The van der Waals surface area contributed by atoms with Gasteiger partial charge in [-0.3, -0.25) is 0 Å². The van der Waals surface area contributed by atoms with Gasteiger partial charge in [0, 0.05) is 18.5 Å². The van der Waals surface area contributed by atoms with E-state index < -0.39 is 6.23 Å². The number of carbonyl (C=O) groups is 1. The van der Waals surface area contributed by atoms with Crippen LogP contribution in [0.25, 0.3) is 16.6 Å². The van der Waals surface area contributed by atoms with E-state index in [2.05, 4.69) is 56.3 Å². The SMILES string of the molecule is CC(C)C[C@@H](c1ccc2c(cnn2-c2ccc(F)cc2)c1)C(C)(C)C[C@@H](O)NC(=O)N1CCCC1. The van der Waals surface area contributed by atoms with E-state index in [1.807, 2.05) is 10.9 Å². The van der Waals surface area contributed by atoms with Gasteiger partial charge in [0.15, 0.2) is 0 Å². The van der Waals surface area contributed by atoms with Crippen molar-refractivity contribution < 1.29 is 14.3 Å². The average molecular weight is 481 g/mol. The molecule has 2 heterocycles. The third-order valence-electron chi connectivity index (χ3n) is 7.12. The lowest BCUT2D eigenvalue weighted by atomic mass is 9.69. The number of benzene rings is 2. The van der Waals surface area contributed by atoms with E-state index in [1.165, 1.54) is 17.7 Å². The first kappa shape index (κ1) is 25.2. The highest BCUT2D eigenvalue weighted by atomic mass is 19.1. The predicted octanol–water partition coefficient (Wildman–Crippen LogP) is 5.83. The summed E-state index contributed by atoms with van der Waals surface area (Å²) in [4.78, 5) is 14.2. The molecule has 1 fully saturated rings. The lowest BCUT2D eigenvalue weighted by Gasteiger charge is -2.38. The molecule has 0 bridgehead atoms. The zero-order chi connectivity index (χ0) is 25.2. The smallest absolute Gasteiger partial charge is 0.319 e. The lowest BCUT2D eigenvalue weighted by Crippen LogP contribution is -2.45. The second kappa shape index (κ2) is 10.4. The summed E-state index contributed by atoms with van der Waals surface area (Å²) in [5.41, 5.74) is 2.69. The van der Waals surface area contributed by atoms with E-state index >= 15 is 0 Å². The van der Waals surface area contributed by atoms with Crippen LogP contribution in [0.4, 0.5) is 9.18 Å². The molecule has 0 unspecified atom stereocenters. The van der Waals surface area contributed by atoms with Crippen LogP contribution in [-0.4, -0.2) is 45.1 Å². The number of halogens is 1. The molecule has 2 amide bonds. The zero-order valence-corrected chi connectivity index (χ0v) is 21.2. The fraction of sp³-hybridized carbons (Fsp3) is 0.500. The van der Waals surface area contributed by atoms with E-state index in [4.69, 9.17) is 0 Å². The van der Waals surface area contributed by atoms with Gasteiger partial charge in [-0.2, -0.15) is 5.10 Å². The van der Waals surface area contributed by atoms with Crippen molar-refractivity contribution in [3.8, 4) is 5.69 Å². The van der Waals surface area contributed by atoms with Crippen LogP contribution in [0.1, 0.15) is 64.9 Å². The quantitative estimate of drug-likeness (QED) is 0.398. The molecule has 2 aromatic carbocycles. The van der Waals surface area contributed by atoms with Crippen LogP contribution in [0.15, 0.2) is 48.7 Å². The van der Waals surface area contributed by atoms with Crippen LogP contribution in [-0.2, 0) is 0 Å². The monoisotopic (exact) mass is 480 g/mol. The van der Waals surface area contributed by atoms with Crippen molar-refractivity contribution in [1.29, 1.82) is 0 Å². The minimum absolute atomic E-state index is 0.180. The molecule has 6 nitrogen and oxygen atoms in total. The fourth-order valence-corrected chi connectivity index (χ4v) is 5.28. The zero-order valence-electron chi connectivity index (χ0n) is 21.2. The summed E-state index contributed by atoms with van der Waals surface area (Å²) in [6.07, 6.45) is 4.39. The summed E-state index contributed by atoms with van der Waals surface area (Å²) in [7, 11) is 0. The Bertz CT molecular complexity index is 1150. The summed E-state index contributed by atoms with van der Waals surface area (Å²) >= 11 is 0. The number of aromatic nitrogens is 2. The van der Waals surface area contributed by atoms with Crippen LogP contribution in [0, 0.1) is 17.2 Å². The number of aliphatic hydroxyl groups is 1. The number of likely N-dealkylation sites (tertiary alicyclic amines) is 1. The van der Waals surface area contributed by atoms with E-state index in [9.17, 15) is 14.3 Å². The van der Waals surface area contributed by atoms with Gasteiger partial charge in [0.1, 0.15) is 12.0 Å². The molecule has 0 aliphatic carbocycles. The number of amides is 2. The summed E-state index contributed by atoms with van der Waals surface area (Å²) in [6.45, 7) is 10.3. The van der Waals surface area contributed by atoms with Crippen LogP contribution < -0.4 is 5.32 Å². The maximum Gasteiger partial charge on any atom is 0.319 e. The third-order valence-corrected chi connectivity index (χ3v) is 7.12. The van der Waals surface area contributed by atoms with Gasteiger partial charge in [-0.05, 0) is 84.9 Å². The molecular formula is C28H37FN4O2. The largest absolute Gasteiger partial charge is 0.374 e. The molecule has 1 aromatic heterocycles. The second-order valence-corrected chi connectivity index (χ2v) is 10.9. The van der Waals surface area contributed by atoms with Crippen molar-refractivity contribution in [2.75, 3.05) is 13.1 Å². The molecule has 35 heavy (non-hydrogen) atoms. The molecule has 1 aliphatic heterocycles. The van der Waals surface area contributed by atoms with Crippen LogP contribution in [0.3, 0.4) is 0 Å². The molecule has 0 radical (unpaired) electrons. The van der Waals surface area contributed by atoms with Gasteiger partial charge in [0.2, 0.25) is 0 Å². The molecule has 1 saturated heterocycles. The minimum Gasteiger partial charge on any atom is -0.374 e. The van der Waals surface area contributed by atoms with Gasteiger partial charge in [0.25, 0.3) is 0 Å². The van der Waals surface area contributed by atoms with Gasteiger partial charge < -0.3 is 15.3 Å². The van der Waals surface area contributed by atoms with Gasteiger partial charge in [-0.1, -0.05) is 33.8 Å². The molecule has 1 aliphatic rings. The minimum atomic E-state index is -0.905. The highest BCUT2D eigenvalue weighted by molar-refractivity contribution is 5.81. The molecule has 4 rings (SSSR count). The van der Waals surface area contributed by atoms with E-state index in [0.717, 1.165) is 48.9 Å². The van der Waals surface area contributed by atoms with Crippen LogP contribution in [0.2, 0.25) is 0 Å². The number of urea groups is 1. The van der Waals surface area contributed by atoms with Crippen molar-refractivity contribution in [3.05, 3.63) is 60.0 Å². The Kier molecular flexibility index (Phi) is 7.45. The van der Waals surface area contributed by atoms with E-state index in [0.29, 0.717) is 12.3 Å². The van der Waals surface area contributed by atoms with E-state index in [1.54, 1.807) is 17.0 Å². The first-order valence-corrected chi connectivity index (χ1v) is 12.6. The predicted molar refractivity (Wildman–Crippen MR) is 137 cm³/mol. The van der Waals surface area contributed by atoms with Crippen molar-refractivity contribution in [1.82, 2.24) is 20.0 Å². The first-order valence-electron chi connectivity index (χ1n) is 12.6. The average Bonchev–Trinajstić information content (AvgIpc) is 3.47. The van der Waals surface area contributed by atoms with Gasteiger partial charge >= 0.3 is 6.03 Å². The Labute approximate surface area is 207 Å². The number of hydrogen-bond donors (Lipinski definition) is 2. The number of rotatable bonds is 8. The summed E-state index contributed by atoms with van der Waals surface area (Å²) in [5.74, 6) is 0.373. The molecule has 0 spiro atoms. The maximum absolute atomic E-state index is 13.4. The standard InChI is InChI=1S/C28H37FN4O2/c1-19(2)15-24(28(3,4)17-26(34)31-27(35)32-13-5-6-14-32)20-7-12-25-21(16-20)18-30-33(25)23-10-8-22(29)9-11-23/h7-12,16,18-19,24,26,34H,5-6,13-15,17H2,1-4H3,(H,31,35)/t24-,26+/m0/s1. The molecule has 7 heteroatoms. The lowest BCUT2D eigenvalue weighted by molar-refractivity contribution is 0.0705. The highest BCUT2D eigenvalue weighted by Gasteiger charge is 2.34. The normalized spacial score (nSPS) is 16.1. The molecular weight excluding hydrogens is 443 g/mol. The van der Waals surface area contributed by atoms with Gasteiger partial charge in [-0.25, -0.2) is 13.9 Å². The summed E-state index contributed by atoms with van der Waals surface area (Å²) < 4.78 is 15.2. The Hall–Kier alpha value is -2.93. The number of hydrogen-bond acceptors (Lipinski definition) is 3. The molecule has 2 N–H and O–H groups in total. The topological polar surface area (TPSA) is 70.4 Å². The van der Waals surface area contributed by atoms with Crippen molar-refractivity contribution in [3.63, 3.8) is 0 Å². The van der Waals surface area contributed by atoms with Crippen molar-refractivity contribution in [2.45, 2.75) is 65.5 Å². The fourth-order valence-electron chi connectivity index (χ4n) is 5.28. The maximum atomic E-state index is 13.4. The number of aliphatic hydroxyl groups excluding tert-OH is 1. The summed E-state index contributed by atoms with van der Waals surface area (Å²) in [6, 6.07) is 12.5. The van der Waals surface area contributed by atoms with E-state index in [-0.39, 0.29) is 23.2 Å². The molecule has 2 atom stereocenters. The number of carbonyl (C=O) groups excluding carboxylic acids is 1. The van der Waals surface area contributed by atoms with Crippen LogP contribution in [0.5, 0.6) is 0 Å². The van der Waals surface area contributed by atoms with Gasteiger partial charge in [-0.15, -0.1) is 0 Å². The molecule has 0 saturated carbocycles. The van der Waals surface area contributed by atoms with Crippen molar-refractivity contribution in [2.24, 2.45) is 11.3 Å². The second-order valence-electron chi connectivity index (χ2n) is 10.9. The van der Waals surface area contributed by atoms with Gasteiger partial charge in [0.05, 0.1) is 17.4 Å². The number of nitrogens with one attached hydrogen (secondary N) is 1. The highest BCUT2D eigenvalue weighted by Crippen LogP contribution is 2.44. The Balaban J connectivity index is 1.56. The van der Waals surface area contributed by atoms with Crippen molar-refractivity contribution >= 4 is 16.9 Å². The molecule has 188 valence electrons. The molecule has 3 aromatic rings. The number of nitrogens with zero attached hydrogens (tertiary/aromatic N) is 3. The van der Waals surface area contributed by atoms with Crippen LogP contribution >= 0.6 is 0 Å². The Morgan fingerprint density at radius 3 is 2.49 bits per heavy atom. The Morgan fingerprint density at radius 1 is 1.14 bits per heavy atom.